The summed E-state index contributed by atoms with van der Waals surface area (Å²) >= 11 is 0. The average molecular weight is 264 g/mol. The van der Waals surface area contributed by atoms with E-state index >= 15 is 0 Å². The van der Waals surface area contributed by atoms with Crippen molar-refractivity contribution in [1.29, 1.82) is 0 Å². The second-order valence-electron chi connectivity index (χ2n) is 5.40. The second-order valence-corrected chi connectivity index (χ2v) is 5.40. The van der Waals surface area contributed by atoms with E-state index in [2.05, 4.69) is 6.92 Å². The van der Waals surface area contributed by atoms with Gasteiger partial charge < -0.3 is 10.6 Å². The Hall–Kier alpha value is -1.42. The molecule has 4 heteroatoms. The van der Waals surface area contributed by atoms with Crippen molar-refractivity contribution in [3.63, 3.8) is 0 Å². The predicted molar refractivity (Wildman–Crippen MR) is 73.4 cm³/mol. The maximum absolute atomic E-state index is 13.9. The first-order valence-corrected chi connectivity index (χ1v) is 6.81. The van der Waals surface area contributed by atoms with Crippen molar-refractivity contribution in [2.75, 3.05) is 13.1 Å². The van der Waals surface area contributed by atoms with Gasteiger partial charge in [0.2, 0.25) is 0 Å². The third-order valence-corrected chi connectivity index (χ3v) is 3.97. The van der Waals surface area contributed by atoms with E-state index in [4.69, 9.17) is 5.73 Å². The highest BCUT2D eigenvalue weighted by Gasteiger charge is 2.32. The van der Waals surface area contributed by atoms with Crippen LogP contribution in [-0.2, 0) is 0 Å². The largest absolute Gasteiger partial charge is 0.334 e. The highest BCUT2D eigenvalue weighted by Crippen LogP contribution is 2.25. The second kappa shape index (κ2) is 5.70. The molecule has 104 valence electrons. The molecule has 0 unspecified atom stereocenters. The number of hydrogen-bond acceptors (Lipinski definition) is 2. The quantitative estimate of drug-likeness (QED) is 0.891. The molecule has 0 radical (unpaired) electrons. The van der Waals surface area contributed by atoms with E-state index in [1.807, 2.05) is 6.92 Å². The Morgan fingerprint density at radius 1 is 1.53 bits per heavy atom. The lowest BCUT2D eigenvalue weighted by molar-refractivity contribution is 0.0528. The monoisotopic (exact) mass is 264 g/mol. The molecule has 19 heavy (non-hydrogen) atoms. The van der Waals surface area contributed by atoms with Gasteiger partial charge in [-0.05, 0) is 43.4 Å². The molecular formula is C15H21FN2O. The van der Waals surface area contributed by atoms with Crippen molar-refractivity contribution < 1.29 is 9.18 Å². The number of halogens is 1. The van der Waals surface area contributed by atoms with Crippen molar-refractivity contribution in [3.05, 3.63) is 35.1 Å². The van der Waals surface area contributed by atoms with Gasteiger partial charge in [0, 0.05) is 19.1 Å². The molecule has 3 nitrogen and oxygen atoms in total. The third-order valence-electron chi connectivity index (χ3n) is 3.97. The number of nitrogens with zero attached hydrogens (tertiary/aromatic N) is 1. The highest BCUT2D eigenvalue weighted by molar-refractivity contribution is 5.94. The summed E-state index contributed by atoms with van der Waals surface area (Å²) in [5.74, 6) is -0.310. The van der Waals surface area contributed by atoms with Crippen molar-refractivity contribution >= 4 is 5.91 Å². The number of carbonyl (C=O) groups excluding carboxylic acids is 1. The minimum atomic E-state index is -0.445. The molecule has 1 aliphatic heterocycles. The van der Waals surface area contributed by atoms with E-state index < -0.39 is 5.82 Å². The molecule has 0 bridgehead atoms. The first-order valence-electron chi connectivity index (χ1n) is 6.81. The summed E-state index contributed by atoms with van der Waals surface area (Å²) in [6.07, 6.45) is 2.03. The number of aryl methyl sites for hydroxylation is 1. The maximum atomic E-state index is 13.9. The molecule has 0 aromatic heterocycles. The lowest BCUT2D eigenvalue weighted by atomic mass is 9.90. The van der Waals surface area contributed by atoms with Gasteiger partial charge in [0.15, 0.2) is 0 Å². The number of rotatable bonds is 2. The average Bonchev–Trinajstić information content (AvgIpc) is 2.37. The fraction of sp³-hybridized carbons (Fsp3) is 0.533. The van der Waals surface area contributed by atoms with Gasteiger partial charge in [-0.25, -0.2) is 4.39 Å². The highest BCUT2D eigenvalue weighted by atomic mass is 19.1. The van der Waals surface area contributed by atoms with Crippen LogP contribution >= 0.6 is 0 Å². The molecule has 1 aromatic rings. The van der Waals surface area contributed by atoms with Crippen molar-refractivity contribution in [3.8, 4) is 0 Å². The van der Waals surface area contributed by atoms with Crippen molar-refractivity contribution in [2.45, 2.75) is 32.7 Å². The number of nitrogens with two attached hydrogens (primary N) is 1. The minimum Gasteiger partial charge on any atom is -0.334 e. The lowest BCUT2D eigenvalue weighted by Crippen LogP contribution is -2.51. The van der Waals surface area contributed by atoms with Crippen LogP contribution in [0.5, 0.6) is 0 Å². The summed E-state index contributed by atoms with van der Waals surface area (Å²) in [6.45, 7) is 5.00. The van der Waals surface area contributed by atoms with Crippen LogP contribution in [0.1, 0.15) is 35.7 Å². The number of piperidine rings is 1. The summed E-state index contributed by atoms with van der Waals surface area (Å²) in [7, 11) is 0. The molecule has 1 fully saturated rings. The molecule has 1 heterocycles. The van der Waals surface area contributed by atoms with Crippen molar-refractivity contribution in [1.82, 2.24) is 4.90 Å². The molecular weight excluding hydrogens is 243 g/mol. The maximum Gasteiger partial charge on any atom is 0.257 e. The van der Waals surface area contributed by atoms with E-state index in [9.17, 15) is 9.18 Å². The summed E-state index contributed by atoms with van der Waals surface area (Å²) < 4.78 is 13.9. The Balaban J connectivity index is 2.27. The van der Waals surface area contributed by atoms with Gasteiger partial charge >= 0.3 is 0 Å². The van der Waals surface area contributed by atoms with Gasteiger partial charge in [-0.2, -0.15) is 0 Å². The number of carbonyl (C=O) groups is 1. The molecule has 1 aromatic carbocycles. The molecule has 2 atom stereocenters. The van der Waals surface area contributed by atoms with Crippen molar-refractivity contribution in [2.24, 2.45) is 11.7 Å². The van der Waals surface area contributed by atoms with Gasteiger partial charge in [0.1, 0.15) is 5.82 Å². The van der Waals surface area contributed by atoms with E-state index in [1.54, 1.807) is 17.0 Å². The van der Waals surface area contributed by atoms with Crippen LogP contribution in [0.4, 0.5) is 4.39 Å². The van der Waals surface area contributed by atoms with E-state index in [0.29, 0.717) is 19.0 Å². The van der Waals surface area contributed by atoms with Crippen LogP contribution in [0.15, 0.2) is 18.2 Å². The van der Waals surface area contributed by atoms with Crippen LogP contribution in [0.25, 0.3) is 0 Å². The summed E-state index contributed by atoms with van der Waals surface area (Å²) in [5, 5.41) is 0. The Morgan fingerprint density at radius 2 is 2.26 bits per heavy atom. The summed E-state index contributed by atoms with van der Waals surface area (Å²) in [5.41, 5.74) is 6.74. The molecule has 0 spiro atoms. The van der Waals surface area contributed by atoms with Crippen LogP contribution in [-0.4, -0.2) is 29.9 Å². The zero-order valence-electron chi connectivity index (χ0n) is 11.5. The van der Waals surface area contributed by atoms with Crippen LogP contribution in [0.3, 0.4) is 0 Å². The van der Waals surface area contributed by atoms with Crippen LogP contribution in [0.2, 0.25) is 0 Å². The minimum absolute atomic E-state index is 0.0157. The summed E-state index contributed by atoms with van der Waals surface area (Å²) in [4.78, 5) is 14.2. The molecule has 1 saturated heterocycles. The van der Waals surface area contributed by atoms with Gasteiger partial charge in [0.25, 0.3) is 5.91 Å². The fourth-order valence-corrected chi connectivity index (χ4v) is 2.81. The topological polar surface area (TPSA) is 46.3 Å². The third kappa shape index (κ3) is 2.78. The number of amides is 1. The molecule has 1 amide bonds. The molecule has 1 aliphatic rings. The smallest absolute Gasteiger partial charge is 0.257 e. The fourth-order valence-electron chi connectivity index (χ4n) is 2.81. The standard InChI is InChI=1S/C15H21FN2O/c1-10-5-6-12(13(16)8-10)15(19)18-7-3-4-11(2)14(18)9-17/h5-6,8,11,14H,3-4,7,9,17H2,1-2H3/t11-,14-/m1/s1. The zero-order valence-corrected chi connectivity index (χ0v) is 11.5. The van der Waals surface area contributed by atoms with Crippen LogP contribution in [0, 0.1) is 18.7 Å². The molecule has 2 rings (SSSR count). The predicted octanol–water partition coefficient (Wildman–Crippen LogP) is 2.33. The van der Waals surface area contributed by atoms with Gasteiger partial charge in [0.05, 0.1) is 5.56 Å². The van der Waals surface area contributed by atoms with E-state index in [0.717, 1.165) is 18.4 Å². The first-order chi connectivity index (χ1) is 9.04. The molecule has 0 saturated carbocycles. The van der Waals surface area contributed by atoms with Gasteiger partial charge in [-0.1, -0.05) is 13.0 Å². The number of likely N-dealkylation sites (tertiary alicyclic amines) is 1. The Morgan fingerprint density at radius 3 is 2.89 bits per heavy atom. The zero-order chi connectivity index (χ0) is 14.0. The van der Waals surface area contributed by atoms with E-state index in [1.165, 1.54) is 6.07 Å². The van der Waals surface area contributed by atoms with Gasteiger partial charge in [-0.15, -0.1) is 0 Å². The first kappa shape index (κ1) is 14.0. The number of hydrogen-bond donors (Lipinski definition) is 1. The molecule has 0 aliphatic carbocycles. The van der Waals surface area contributed by atoms with Gasteiger partial charge in [-0.3, -0.25) is 4.79 Å². The lowest BCUT2D eigenvalue weighted by Gasteiger charge is -2.39. The molecule has 2 N–H and O–H groups in total. The van der Waals surface area contributed by atoms with E-state index in [-0.39, 0.29) is 17.5 Å². The summed E-state index contributed by atoms with van der Waals surface area (Å²) in [6, 6.07) is 4.75. The van der Waals surface area contributed by atoms with Crippen LogP contribution < -0.4 is 5.73 Å². The SMILES string of the molecule is Cc1ccc(C(=O)N2CCC[C@@H](C)[C@H]2CN)c(F)c1. The normalized spacial score (nSPS) is 23.5. The Bertz CT molecular complexity index is 475. The number of benzene rings is 1. The Kier molecular flexibility index (Phi) is 4.20. The Labute approximate surface area is 113 Å².